The molecule has 0 saturated carbocycles. The summed E-state index contributed by atoms with van der Waals surface area (Å²) < 4.78 is 10.9. The van der Waals surface area contributed by atoms with E-state index in [1.165, 1.54) is 0 Å². The van der Waals surface area contributed by atoms with Crippen molar-refractivity contribution in [3.05, 3.63) is 17.5 Å². The number of hydrogen-bond acceptors (Lipinski definition) is 3. The summed E-state index contributed by atoms with van der Waals surface area (Å²) in [7, 11) is -1.07. The van der Waals surface area contributed by atoms with Gasteiger partial charge in [0.15, 0.2) is 0 Å². The van der Waals surface area contributed by atoms with E-state index in [4.69, 9.17) is 0 Å². The van der Waals surface area contributed by atoms with Crippen LogP contribution in [0.25, 0.3) is 0 Å². The van der Waals surface area contributed by atoms with Gasteiger partial charge in [0.1, 0.15) is 0 Å². The van der Waals surface area contributed by atoms with Crippen molar-refractivity contribution in [3.63, 3.8) is 0 Å². The van der Waals surface area contributed by atoms with Crippen LogP contribution in [0.4, 0.5) is 0 Å². The molecule has 60 valence electrons. The van der Waals surface area contributed by atoms with E-state index in [9.17, 15) is 4.21 Å². The molecule has 3 nitrogen and oxygen atoms in total. The fourth-order valence-corrected chi connectivity index (χ4v) is 1.11. The number of aryl methyl sites for hydroxylation is 2. The number of hydrogen-bond donors (Lipinski definition) is 0. The number of nitrogens with zero attached hydrogens (tertiary/aromatic N) is 2. The highest BCUT2D eigenvalue weighted by Gasteiger charge is 2.01. The minimum atomic E-state index is -1.07. The maximum absolute atomic E-state index is 10.9. The van der Waals surface area contributed by atoms with Gasteiger partial charge in [-0.3, -0.25) is 4.21 Å². The lowest BCUT2D eigenvalue weighted by molar-refractivity contribution is 0.678. The van der Waals surface area contributed by atoms with Gasteiger partial charge in [0, 0.05) is 18.1 Å². The van der Waals surface area contributed by atoms with Crippen LogP contribution in [0, 0.1) is 13.8 Å². The average Bonchev–Trinajstić information content (AvgIpc) is 1.94. The smallest absolute Gasteiger partial charge is 0.218 e. The first-order valence-corrected chi connectivity index (χ1v) is 4.80. The second-order valence-corrected chi connectivity index (χ2v) is 3.65. The van der Waals surface area contributed by atoms with Gasteiger partial charge in [-0.25, -0.2) is 9.97 Å². The standard InChI is InChI=1S/C7H10N2OS/c1-5-4-8-7(11(3)10)9-6(5)2/h4H,1-3H3. The van der Waals surface area contributed by atoms with Gasteiger partial charge in [-0.2, -0.15) is 0 Å². The molecule has 0 aliphatic rings. The molecule has 0 aliphatic heterocycles. The minimum absolute atomic E-state index is 0.410. The molecule has 0 fully saturated rings. The van der Waals surface area contributed by atoms with E-state index in [0.29, 0.717) is 5.16 Å². The Morgan fingerprint density at radius 3 is 2.55 bits per heavy atom. The van der Waals surface area contributed by atoms with Crippen molar-refractivity contribution in [1.29, 1.82) is 0 Å². The van der Waals surface area contributed by atoms with Crippen molar-refractivity contribution in [3.8, 4) is 0 Å². The minimum Gasteiger partial charge on any atom is -0.251 e. The lowest BCUT2D eigenvalue weighted by atomic mass is 10.3. The second kappa shape index (κ2) is 3.09. The Morgan fingerprint density at radius 1 is 1.45 bits per heavy atom. The van der Waals surface area contributed by atoms with Crippen LogP contribution in [0.1, 0.15) is 11.3 Å². The summed E-state index contributed by atoms with van der Waals surface area (Å²) in [5.41, 5.74) is 1.92. The van der Waals surface area contributed by atoms with E-state index in [1.54, 1.807) is 12.5 Å². The van der Waals surface area contributed by atoms with Gasteiger partial charge < -0.3 is 0 Å². The van der Waals surface area contributed by atoms with E-state index in [-0.39, 0.29) is 0 Å². The van der Waals surface area contributed by atoms with E-state index in [1.807, 2.05) is 13.8 Å². The maximum Gasteiger partial charge on any atom is 0.218 e. The molecule has 0 radical (unpaired) electrons. The van der Waals surface area contributed by atoms with Crippen LogP contribution in [0.5, 0.6) is 0 Å². The van der Waals surface area contributed by atoms with Gasteiger partial charge in [0.05, 0.1) is 10.8 Å². The Bertz CT molecular complexity index is 298. The van der Waals surface area contributed by atoms with Crippen molar-refractivity contribution in [1.82, 2.24) is 9.97 Å². The Labute approximate surface area is 68.3 Å². The fourth-order valence-electron chi connectivity index (χ4n) is 0.644. The molecule has 1 unspecified atom stereocenters. The summed E-state index contributed by atoms with van der Waals surface area (Å²) >= 11 is 0. The fraction of sp³-hybridized carbons (Fsp3) is 0.429. The first-order chi connectivity index (χ1) is 5.11. The molecular weight excluding hydrogens is 160 g/mol. The van der Waals surface area contributed by atoms with Crippen LogP contribution >= 0.6 is 0 Å². The lowest BCUT2D eigenvalue weighted by Crippen LogP contribution is -1.99. The molecule has 1 aromatic rings. The molecule has 0 aromatic carbocycles. The molecule has 1 atom stereocenters. The Morgan fingerprint density at radius 2 is 2.09 bits per heavy atom. The lowest BCUT2D eigenvalue weighted by Gasteiger charge is -1.98. The van der Waals surface area contributed by atoms with Gasteiger partial charge in [0.25, 0.3) is 0 Å². The molecule has 1 rings (SSSR count). The molecule has 0 aliphatic carbocycles. The highest BCUT2D eigenvalue weighted by molar-refractivity contribution is 7.84. The van der Waals surface area contributed by atoms with Crippen LogP contribution in [-0.2, 0) is 10.8 Å². The molecule has 1 heterocycles. The van der Waals surface area contributed by atoms with Crippen LogP contribution in [-0.4, -0.2) is 20.4 Å². The summed E-state index contributed by atoms with van der Waals surface area (Å²) in [4.78, 5) is 7.99. The monoisotopic (exact) mass is 170 g/mol. The molecule has 0 bridgehead atoms. The zero-order chi connectivity index (χ0) is 8.43. The maximum atomic E-state index is 10.9. The summed E-state index contributed by atoms with van der Waals surface area (Å²) in [5, 5.41) is 0.410. The molecule has 0 saturated heterocycles. The van der Waals surface area contributed by atoms with Crippen molar-refractivity contribution < 1.29 is 4.21 Å². The van der Waals surface area contributed by atoms with Crippen molar-refractivity contribution in [2.24, 2.45) is 0 Å². The number of aromatic nitrogens is 2. The Kier molecular flexibility index (Phi) is 2.34. The van der Waals surface area contributed by atoms with E-state index >= 15 is 0 Å². The largest absolute Gasteiger partial charge is 0.251 e. The normalized spacial score (nSPS) is 13.0. The topological polar surface area (TPSA) is 42.9 Å². The molecule has 0 N–H and O–H groups in total. The van der Waals surface area contributed by atoms with Gasteiger partial charge in [-0.05, 0) is 19.4 Å². The van der Waals surface area contributed by atoms with E-state index in [2.05, 4.69) is 9.97 Å². The summed E-state index contributed by atoms with van der Waals surface area (Å²) in [6.45, 7) is 3.81. The second-order valence-electron chi connectivity index (χ2n) is 2.38. The van der Waals surface area contributed by atoms with Crippen LogP contribution in [0.2, 0.25) is 0 Å². The molecule has 11 heavy (non-hydrogen) atoms. The average molecular weight is 170 g/mol. The third-order valence-electron chi connectivity index (χ3n) is 1.46. The van der Waals surface area contributed by atoms with Gasteiger partial charge in [-0.15, -0.1) is 0 Å². The Balaban J connectivity index is 3.15. The highest BCUT2D eigenvalue weighted by atomic mass is 32.2. The molecule has 4 heteroatoms. The third-order valence-corrected chi connectivity index (χ3v) is 2.17. The molecular formula is C7H10N2OS. The molecule has 0 amide bonds. The van der Waals surface area contributed by atoms with Gasteiger partial charge >= 0.3 is 0 Å². The third kappa shape index (κ3) is 1.83. The first kappa shape index (κ1) is 8.33. The van der Waals surface area contributed by atoms with Crippen molar-refractivity contribution in [2.45, 2.75) is 19.0 Å². The first-order valence-electron chi connectivity index (χ1n) is 3.25. The summed E-state index contributed by atoms with van der Waals surface area (Å²) in [6.07, 6.45) is 3.27. The highest BCUT2D eigenvalue weighted by Crippen LogP contribution is 2.03. The zero-order valence-electron chi connectivity index (χ0n) is 6.79. The number of rotatable bonds is 1. The van der Waals surface area contributed by atoms with Gasteiger partial charge in [0.2, 0.25) is 5.16 Å². The van der Waals surface area contributed by atoms with Crippen molar-refractivity contribution >= 4 is 10.8 Å². The summed E-state index contributed by atoms with van der Waals surface area (Å²) in [6, 6.07) is 0. The SMILES string of the molecule is Cc1cnc(S(C)=O)nc1C. The Hall–Kier alpha value is -0.770. The molecule has 0 spiro atoms. The van der Waals surface area contributed by atoms with Crippen LogP contribution in [0.3, 0.4) is 0 Å². The quantitative estimate of drug-likeness (QED) is 0.586. The van der Waals surface area contributed by atoms with Gasteiger partial charge in [-0.1, -0.05) is 0 Å². The van der Waals surface area contributed by atoms with Crippen molar-refractivity contribution in [2.75, 3.05) is 6.26 Å². The summed E-state index contributed by atoms with van der Waals surface area (Å²) in [5.74, 6) is 0. The zero-order valence-corrected chi connectivity index (χ0v) is 7.60. The van der Waals surface area contributed by atoms with E-state index in [0.717, 1.165) is 11.3 Å². The van der Waals surface area contributed by atoms with Crippen LogP contribution in [0.15, 0.2) is 11.4 Å². The van der Waals surface area contributed by atoms with Crippen LogP contribution < -0.4 is 0 Å². The van der Waals surface area contributed by atoms with E-state index < -0.39 is 10.8 Å². The predicted octanol–water partition coefficient (Wildman–Crippen LogP) is 0.831. The predicted molar refractivity (Wildman–Crippen MR) is 43.8 cm³/mol. The molecule has 1 aromatic heterocycles.